The van der Waals surface area contributed by atoms with E-state index in [1.54, 1.807) is 0 Å². The van der Waals surface area contributed by atoms with E-state index in [2.05, 4.69) is 15.6 Å². The summed E-state index contributed by atoms with van der Waals surface area (Å²) in [6.45, 7) is 0.174. The Kier molecular flexibility index (Phi) is 4.84. The van der Waals surface area contributed by atoms with Gasteiger partial charge >= 0.3 is 6.03 Å². The van der Waals surface area contributed by atoms with Crippen LogP contribution < -0.4 is 20.1 Å². The van der Waals surface area contributed by atoms with Gasteiger partial charge < -0.3 is 14.8 Å². The number of carbonyl (C=O) groups is 1. The summed E-state index contributed by atoms with van der Waals surface area (Å²) in [6.07, 6.45) is 1.26. The van der Waals surface area contributed by atoms with Crippen LogP contribution in [-0.4, -0.2) is 23.7 Å². The average molecular weight is 445 g/mol. The minimum absolute atomic E-state index is 0.106. The van der Waals surface area contributed by atoms with E-state index >= 15 is 0 Å². The van der Waals surface area contributed by atoms with Gasteiger partial charge in [0.25, 0.3) is 0 Å². The van der Waals surface area contributed by atoms with Crippen LogP contribution in [0.25, 0.3) is 0 Å². The summed E-state index contributed by atoms with van der Waals surface area (Å²) in [4.78, 5) is 16.3. The molecule has 2 heterocycles. The highest BCUT2D eigenvalue weighted by atomic mass is 19.1. The number of halogens is 4. The molecule has 1 aromatic heterocycles. The summed E-state index contributed by atoms with van der Waals surface area (Å²) in [7, 11) is 0. The molecule has 6 nitrogen and oxygen atoms in total. The fourth-order valence-corrected chi connectivity index (χ4v) is 3.86. The Hall–Kier alpha value is -3.82. The summed E-state index contributed by atoms with van der Waals surface area (Å²) in [5, 5.41) is 5.26. The van der Waals surface area contributed by atoms with E-state index < -0.39 is 35.3 Å². The minimum atomic E-state index is -0.862. The first-order chi connectivity index (χ1) is 15.4. The molecule has 32 heavy (non-hydrogen) atoms. The van der Waals surface area contributed by atoms with Gasteiger partial charge in [-0.15, -0.1) is 0 Å². The first-order valence-electron chi connectivity index (χ1n) is 9.68. The van der Waals surface area contributed by atoms with Gasteiger partial charge in [-0.3, -0.25) is 5.32 Å². The highest BCUT2D eigenvalue weighted by Crippen LogP contribution is 2.55. The number of nitrogens with one attached hydrogen (secondary N) is 2. The second-order valence-corrected chi connectivity index (χ2v) is 7.45. The Morgan fingerprint density at radius 3 is 2.59 bits per heavy atom. The maximum Gasteiger partial charge on any atom is 0.320 e. The number of aromatic nitrogens is 1. The largest absolute Gasteiger partial charge is 0.490 e. The van der Waals surface area contributed by atoms with Crippen molar-refractivity contribution in [2.24, 2.45) is 5.92 Å². The number of pyridine rings is 1. The molecule has 2 aliphatic rings. The maximum atomic E-state index is 14.2. The Bertz CT molecular complexity index is 1210. The third-order valence-electron chi connectivity index (χ3n) is 5.41. The molecule has 2 amide bonds. The van der Waals surface area contributed by atoms with Gasteiger partial charge in [0, 0.05) is 29.5 Å². The highest BCUT2D eigenvalue weighted by molar-refractivity contribution is 5.89. The smallest absolute Gasteiger partial charge is 0.320 e. The van der Waals surface area contributed by atoms with E-state index in [1.165, 1.54) is 18.3 Å². The van der Waals surface area contributed by atoms with E-state index in [0.717, 1.165) is 24.3 Å². The zero-order valence-corrected chi connectivity index (χ0v) is 16.2. The number of fused-ring (bicyclic) bond motifs is 3. The molecule has 0 bridgehead atoms. The number of urea groups is 1. The van der Waals surface area contributed by atoms with Gasteiger partial charge in [-0.1, -0.05) is 0 Å². The molecule has 1 fully saturated rings. The molecule has 2 aromatic carbocycles. The average Bonchev–Trinajstić information content (AvgIpc) is 3.46. The molecule has 2 N–H and O–H groups in total. The summed E-state index contributed by atoms with van der Waals surface area (Å²) in [5.74, 6) is -3.23. The molecule has 0 spiro atoms. The Morgan fingerprint density at radius 1 is 1.03 bits per heavy atom. The summed E-state index contributed by atoms with van der Waals surface area (Å²) in [5.41, 5.74) is 0.138. The van der Waals surface area contributed by atoms with Crippen molar-refractivity contribution in [1.29, 1.82) is 0 Å². The number of anilines is 1. The molecular formula is C22H15F4N3O3. The monoisotopic (exact) mass is 445 g/mol. The van der Waals surface area contributed by atoms with Gasteiger partial charge in [0.15, 0.2) is 23.1 Å². The molecule has 3 atom stereocenters. The Morgan fingerprint density at radius 2 is 1.84 bits per heavy atom. The maximum absolute atomic E-state index is 14.2. The molecule has 3 aromatic rings. The predicted octanol–water partition coefficient (Wildman–Crippen LogP) is 4.73. The fourth-order valence-electron chi connectivity index (χ4n) is 3.86. The SMILES string of the molecule is O=C(Nc1ccc(Oc2ccc(F)cc2F)cn1)NC1[C@H]2COc3c(F)ccc(F)c3[C@@H]12. The van der Waals surface area contributed by atoms with Crippen molar-refractivity contribution >= 4 is 11.8 Å². The normalized spacial score (nSPS) is 20.4. The Balaban J connectivity index is 1.21. The zero-order valence-electron chi connectivity index (χ0n) is 16.2. The lowest BCUT2D eigenvalue weighted by Crippen LogP contribution is -2.32. The van der Waals surface area contributed by atoms with Gasteiger partial charge in [-0.05, 0) is 36.4 Å². The first-order valence-corrected chi connectivity index (χ1v) is 9.68. The van der Waals surface area contributed by atoms with Crippen molar-refractivity contribution in [3.8, 4) is 17.2 Å². The molecule has 10 heteroatoms. The fraction of sp³-hybridized carbons (Fsp3) is 0.182. The van der Waals surface area contributed by atoms with Crippen LogP contribution in [0.15, 0.2) is 48.7 Å². The Labute approximate surface area is 179 Å². The molecule has 0 radical (unpaired) electrons. The second-order valence-electron chi connectivity index (χ2n) is 7.45. The number of ether oxygens (including phenoxy) is 2. The lowest BCUT2D eigenvalue weighted by molar-refractivity contribution is 0.247. The second kappa shape index (κ2) is 7.70. The van der Waals surface area contributed by atoms with Crippen LogP contribution in [0.4, 0.5) is 28.2 Å². The zero-order chi connectivity index (χ0) is 22.4. The standard InChI is InChI=1S/C22H15F4N3O3/c23-10-1-5-16(15(26)7-10)32-11-2-6-17(27-8-11)28-22(30)29-20-12-9-31-21-14(25)4-3-13(24)19(21)18(12)20/h1-8,12,18,20H,9H2,(H2,27,28,29,30)/t12-,18-,20?/m0/s1. The topological polar surface area (TPSA) is 72.5 Å². The third-order valence-corrected chi connectivity index (χ3v) is 5.41. The summed E-state index contributed by atoms with van der Waals surface area (Å²) >= 11 is 0. The van der Waals surface area contributed by atoms with Gasteiger partial charge in [0.2, 0.25) is 0 Å². The van der Waals surface area contributed by atoms with E-state index in [1.807, 2.05) is 0 Å². The number of amides is 2. The summed E-state index contributed by atoms with van der Waals surface area (Å²) < 4.78 is 65.4. The number of hydrogen-bond acceptors (Lipinski definition) is 4. The van der Waals surface area contributed by atoms with E-state index in [0.29, 0.717) is 6.07 Å². The van der Waals surface area contributed by atoms with Gasteiger partial charge in [0.1, 0.15) is 23.2 Å². The van der Waals surface area contributed by atoms with E-state index in [9.17, 15) is 22.4 Å². The number of rotatable bonds is 4. The van der Waals surface area contributed by atoms with Crippen molar-refractivity contribution in [3.63, 3.8) is 0 Å². The molecule has 164 valence electrons. The van der Waals surface area contributed by atoms with Gasteiger partial charge in [-0.25, -0.2) is 27.3 Å². The third kappa shape index (κ3) is 3.68. The van der Waals surface area contributed by atoms with Gasteiger partial charge in [-0.2, -0.15) is 0 Å². The van der Waals surface area contributed by atoms with Crippen LogP contribution in [0.3, 0.4) is 0 Å². The lowest BCUT2D eigenvalue weighted by Gasteiger charge is -2.16. The molecular weight excluding hydrogens is 430 g/mol. The van der Waals surface area contributed by atoms with Crippen molar-refractivity contribution in [2.45, 2.75) is 12.0 Å². The summed E-state index contributed by atoms with van der Waals surface area (Å²) in [6, 6.07) is 6.86. The van der Waals surface area contributed by atoms with E-state index in [4.69, 9.17) is 9.47 Å². The first kappa shape index (κ1) is 20.1. The molecule has 1 unspecified atom stereocenters. The van der Waals surface area contributed by atoms with Crippen molar-refractivity contribution in [2.75, 3.05) is 11.9 Å². The molecule has 5 rings (SSSR count). The number of nitrogens with zero attached hydrogens (tertiary/aromatic N) is 1. The van der Waals surface area contributed by atoms with Crippen LogP contribution in [-0.2, 0) is 0 Å². The minimum Gasteiger partial charge on any atom is -0.490 e. The molecule has 1 aliphatic heterocycles. The van der Waals surface area contributed by atoms with Crippen molar-refractivity contribution in [3.05, 3.63) is 77.5 Å². The van der Waals surface area contributed by atoms with Crippen molar-refractivity contribution in [1.82, 2.24) is 10.3 Å². The number of carbonyl (C=O) groups excluding carboxylic acids is 1. The molecule has 1 saturated carbocycles. The molecule has 1 aliphatic carbocycles. The van der Waals surface area contributed by atoms with Crippen LogP contribution in [0, 0.1) is 29.2 Å². The number of hydrogen-bond donors (Lipinski definition) is 2. The van der Waals surface area contributed by atoms with Gasteiger partial charge in [0.05, 0.1) is 12.8 Å². The highest BCUT2D eigenvalue weighted by Gasteiger charge is 2.57. The van der Waals surface area contributed by atoms with Crippen LogP contribution in [0.2, 0.25) is 0 Å². The van der Waals surface area contributed by atoms with Crippen molar-refractivity contribution < 1.29 is 31.8 Å². The van der Waals surface area contributed by atoms with Crippen LogP contribution >= 0.6 is 0 Å². The number of benzene rings is 2. The quantitative estimate of drug-likeness (QED) is 0.570. The lowest BCUT2D eigenvalue weighted by atomic mass is 10.0. The molecule has 0 saturated heterocycles. The van der Waals surface area contributed by atoms with E-state index in [-0.39, 0.29) is 47.1 Å². The van der Waals surface area contributed by atoms with Crippen LogP contribution in [0.5, 0.6) is 17.2 Å². The predicted molar refractivity (Wildman–Crippen MR) is 105 cm³/mol. The van der Waals surface area contributed by atoms with Crippen LogP contribution in [0.1, 0.15) is 11.5 Å².